The van der Waals surface area contributed by atoms with E-state index >= 15 is 0 Å². The summed E-state index contributed by atoms with van der Waals surface area (Å²) in [4.78, 5) is 28.0. The first-order valence-electron chi connectivity index (χ1n) is 9.71. The lowest BCUT2D eigenvalue weighted by atomic mass is 9.52. The quantitative estimate of drug-likeness (QED) is 0.586. The molecule has 0 spiro atoms. The van der Waals surface area contributed by atoms with Crippen LogP contribution in [-0.4, -0.2) is 11.6 Å². The molecule has 1 saturated carbocycles. The molecule has 2 nitrogen and oxygen atoms in total. The van der Waals surface area contributed by atoms with Crippen LogP contribution in [0, 0.1) is 5.41 Å². The Labute approximate surface area is 166 Å². The highest BCUT2D eigenvalue weighted by Crippen LogP contribution is 2.52. The fourth-order valence-electron chi connectivity index (χ4n) is 4.75. The second-order valence-electron chi connectivity index (χ2n) is 8.28. The third-order valence-electron chi connectivity index (χ3n) is 5.99. The van der Waals surface area contributed by atoms with Crippen LogP contribution in [0.4, 0.5) is 0 Å². The standard InChI is InChI=1S/C26H24O2/c1-25(2)18-22(27)26(20-14-8-4-9-15-20,21-16-10-5-11-17-21)24(28)23(25)19-12-6-3-7-13-19/h3-17,23H,18H2,1-2H3. The fourth-order valence-corrected chi connectivity index (χ4v) is 4.75. The van der Waals surface area contributed by atoms with Crippen LogP contribution < -0.4 is 0 Å². The molecule has 1 atom stereocenters. The van der Waals surface area contributed by atoms with Crippen molar-refractivity contribution in [2.45, 2.75) is 31.6 Å². The van der Waals surface area contributed by atoms with Gasteiger partial charge in [0.1, 0.15) is 5.41 Å². The molecule has 0 bridgehead atoms. The lowest BCUT2D eigenvalue weighted by molar-refractivity contribution is -0.142. The second kappa shape index (κ2) is 6.87. The van der Waals surface area contributed by atoms with Crippen LogP contribution >= 0.6 is 0 Å². The zero-order chi connectivity index (χ0) is 19.8. The minimum absolute atomic E-state index is 0.0212. The van der Waals surface area contributed by atoms with Gasteiger partial charge in [-0.3, -0.25) is 9.59 Å². The Morgan fingerprint density at radius 1 is 0.679 bits per heavy atom. The lowest BCUT2D eigenvalue weighted by Crippen LogP contribution is -2.55. The van der Waals surface area contributed by atoms with E-state index in [2.05, 4.69) is 0 Å². The van der Waals surface area contributed by atoms with Gasteiger partial charge in [-0.2, -0.15) is 0 Å². The monoisotopic (exact) mass is 368 g/mol. The molecule has 2 heteroatoms. The number of carbonyl (C=O) groups excluding carboxylic acids is 2. The summed E-state index contributed by atoms with van der Waals surface area (Å²) in [5, 5.41) is 0. The largest absolute Gasteiger partial charge is 0.298 e. The maximum atomic E-state index is 14.3. The zero-order valence-electron chi connectivity index (χ0n) is 16.3. The van der Waals surface area contributed by atoms with Crippen LogP contribution in [0.15, 0.2) is 91.0 Å². The SMILES string of the molecule is CC1(C)CC(=O)C(c2ccccc2)(c2ccccc2)C(=O)C1c1ccccc1. The van der Waals surface area contributed by atoms with E-state index in [0.29, 0.717) is 6.42 Å². The predicted molar refractivity (Wildman–Crippen MR) is 111 cm³/mol. The number of ketones is 2. The van der Waals surface area contributed by atoms with Gasteiger partial charge in [0.05, 0.1) is 0 Å². The summed E-state index contributed by atoms with van der Waals surface area (Å²) in [5.74, 6) is -0.406. The summed E-state index contributed by atoms with van der Waals surface area (Å²) in [5.41, 5.74) is 0.780. The van der Waals surface area contributed by atoms with Gasteiger partial charge in [-0.05, 0) is 22.1 Å². The van der Waals surface area contributed by atoms with Crippen molar-refractivity contribution < 1.29 is 9.59 Å². The Kier molecular flexibility index (Phi) is 4.50. The smallest absolute Gasteiger partial charge is 0.163 e. The molecular weight excluding hydrogens is 344 g/mol. The number of hydrogen-bond donors (Lipinski definition) is 0. The summed E-state index contributed by atoms with van der Waals surface area (Å²) >= 11 is 0. The van der Waals surface area contributed by atoms with E-state index in [4.69, 9.17) is 0 Å². The molecule has 0 aromatic heterocycles. The number of benzene rings is 3. The highest BCUT2D eigenvalue weighted by molar-refractivity contribution is 6.20. The van der Waals surface area contributed by atoms with Crippen molar-refractivity contribution in [2.24, 2.45) is 5.41 Å². The fraction of sp³-hybridized carbons (Fsp3) is 0.231. The Bertz CT molecular complexity index is 949. The molecule has 0 heterocycles. The van der Waals surface area contributed by atoms with Gasteiger partial charge in [0.15, 0.2) is 11.6 Å². The summed E-state index contributed by atoms with van der Waals surface area (Å²) < 4.78 is 0. The van der Waals surface area contributed by atoms with E-state index in [0.717, 1.165) is 16.7 Å². The molecule has 1 aliphatic carbocycles. The van der Waals surface area contributed by atoms with E-state index in [9.17, 15) is 9.59 Å². The first-order chi connectivity index (χ1) is 13.5. The minimum Gasteiger partial charge on any atom is -0.298 e. The van der Waals surface area contributed by atoms with Gasteiger partial charge in [0.2, 0.25) is 0 Å². The van der Waals surface area contributed by atoms with Crippen molar-refractivity contribution in [2.75, 3.05) is 0 Å². The van der Waals surface area contributed by atoms with Gasteiger partial charge in [0, 0.05) is 12.3 Å². The molecule has 0 amide bonds. The van der Waals surface area contributed by atoms with Crippen LogP contribution in [0.25, 0.3) is 0 Å². The minimum atomic E-state index is -1.27. The lowest BCUT2D eigenvalue weighted by Gasteiger charge is -2.47. The molecule has 1 aliphatic rings. The van der Waals surface area contributed by atoms with Gasteiger partial charge in [-0.25, -0.2) is 0 Å². The Morgan fingerprint density at radius 2 is 1.11 bits per heavy atom. The summed E-state index contributed by atoms with van der Waals surface area (Å²) in [6, 6.07) is 28.9. The topological polar surface area (TPSA) is 34.1 Å². The van der Waals surface area contributed by atoms with Gasteiger partial charge in [0.25, 0.3) is 0 Å². The summed E-state index contributed by atoms with van der Waals surface area (Å²) in [7, 11) is 0. The third kappa shape index (κ3) is 2.72. The van der Waals surface area contributed by atoms with E-state index in [-0.39, 0.29) is 17.5 Å². The average molecular weight is 368 g/mol. The molecule has 0 aliphatic heterocycles. The van der Waals surface area contributed by atoms with Crippen LogP contribution in [0.5, 0.6) is 0 Å². The molecule has 3 aromatic rings. The molecule has 0 radical (unpaired) electrons. The number of hydrogen-bond acceptors (Lipinski definition) is 2. The predicted octanol–water partition coefficient (Wildman–Crippen LogP) is 5.32. The Hall–Kier alpha value is -3.00. The maximum Gasteiger partial charge on any atom is 0.163 e. The molecular formula is C26H24O2. The van der Waals surface area contributed by atoms with Crippen LogP contribution in [0.2, 0.25) is 0 Å². The van der Waals surface area contributed by atoms with Crippen LogP contribution in [0.3, 0.4) is 0 Å². The first-order valence-corrected chi connectivity index (χ1v) is 9.71. The van der Waals surface area contributed by atoms with Gasteiger partial charge >= 0.3 is 0 Å². The van der Waals surface area contributed by atoms with Crippen molar-refractivity contribution >= 4 is 11.6 Å². The van der Waals surface area contributed by atoms with Crippen molar-refractivity contribution in [3.8, 4) is 0 Å². The van der Waals surface area contributed by atoms with E-state index in [1.807, 2.05) is 105 Å². The molecule has 28 heavy (non-hydrogen) atoms. The van der Waals surface area contributed by atoms with Crippen LogP contribution in [0.1, 0.15) is 42.9 Å². The Morgan fingerprint density at radius 3 is 1.57 bits per heavy atom. The number of carbonyl (C=O) groups is 2. The molecule has 1 unspecified atom stereocenters. The average Bonchev–Trinajstić information content (AvgIpc) is 2.70. The second-order valence-corrected chi connectivity index (χ2v) is 8.28. The van der Waals surface area contributed by atoms with E-state index in [1.54, 1.807) is 0 Å². The van der Waals surface area contributed by atoms with Crippen molar-refractivity contribution in [3.63, 3.8) is 0 Å². The highest BCUT2D eigenvalue weighted by atomic mass is 16.2. The van der Waals surface area contributed by atoms with Crippen molar-refractivity contribution in [1.29, 1.82) is 0 Å². The normalized spacial score (nSPS) is 20.7. The van der Waals surface area contributed by atoms with E-state index < -0.39 is 10.8 Å². The number of Topliss-reactive ketones (excluding diaryl/α,β-unsaturated/α-hetero) is 2. The van der Waals surface area contributed by atoms with Gasteiger partial charge < -0.3 is 0 Å². The summed E-state index contributed by atoms with van der Waals surface area (Å²) in [6.07, 6.45) is 0.349. The van der Waals surface area contributed by atoms with Crippen molar-refractivity contribution in [1.82, 2.24) is 0 Å². The zero-order valence-corrected chi connectivity index (χ0v) is 16.3. The van der Waals surface area contributed by atoms with Crippen molar-refractivity contribution in [3.05, 3.63) is 108 Å². The molecule has 4 rings (SSSR count). The van der Waals surface area contributed by atoms with Gasteiger partial charge in [-0.1, -0.05) is 105 Å². The molecule has 1 fully saturated rings. The molecule has 3 aromatic carbocycles. The first kappa shape index (κ1) is 18.4. The number of rotatable bonds is 3. The van der Waals surface area contributed by atoms with E-state index in [1.165, 1.54) is 0 Å². The van der Waals surface area contributed by atoms with Gasteiger partial charge in [-0.15, -0.1) is 0 Å². The molecule has 0 saturated heterocycles. The Balaban J connectivity index is 2.00. The third-order valence-corrected chi connectivity index (χ3v) is 5.99. The molecule has 0 N–H and O–H groups in total. The molecule has 140 valence electrons. The van der Waals surface area contributed by atoms with Crippen LogP contribution in [-0.2, 0) is 15.0 Å². The summed E-state index contributed by atoms with van der Waals surface area (Å²) in [6.45, 7) is 4.06. The highest BCUT2D eigenvalue weighted by Gasteiger charge is 2.59. The maximum absolute atomic E-state index is 14.3.